The third-order valence-corrected chi connectivity index (χ3v) is 5.99. The molecule has 0 aromatic heterocycles. The van der Waals surface area contributed by atoms with Gasteiger partial charge in [0.05, 0.1) is 141 Å². The molecule has 12 nitrogen and oxygen atoms in total. The summed E-state index contributed by atoms with van der Waals surface area (Å²) < 4.78 is 35.3. The summed E-state index contributed by atoms with van der Waals surface area (Å²) in [6, 6.07) is 12.4. The molecule has 41 heavy (non-hydrogen) atoms. The van der Waals surface area contributed by atoms with Crippen molar-refractivity contribution >= 4 is 0 Å². The fraction of sp³-hybridized carbons (Fsp3) is 0.793. The lowest BCUT2D eigenvalue weighted by atomic mass is 9.74. The lowest BCUT2D eigenvalue weighted by molar-refractivity contribution is -0.0829. The van der Waals surface area contributed by atoms with Crippen molar-refractivity contribution < 1.29 is 28.4 Å². The molecule has 0 aliphatic heterocycles. The molecule has 1 atom stereocenters. The third-order valence-electron chi connectivity index (χ3n) is 5.99. The molecule has 1 unspecified atom stereocenters. The molecule has 224 valence electrons. The summed E-state index contributed by atoms with van der Waals surface area (Å²) in [6.45, 7) is 3.21. The Balaban J connectivity index is 6.22. The van der Waals surface area contributed by atoms with E-state index in [-0.39, 0.29) is 122 Å². The van der Waals surface area contributed by atoms with E-state index in [0.29, 0.717) is 26.1 Å². The molecular weight excluding hydrogens is 528 g/mol. The molecule has 0 bridgehead atoms. The van der Waals surface area contributed by atoms with Crippen LogP contribution < -0.4 is 0 Å². The van der Waals surface area contributed by atoms with Gasteiger partial charge in [-0.05, 0) is 12.3 Å². The van der Waals surface area contributed by atoms with Gasteiger partial charge in [-0.1, -0.05) is 0 Å². The number of nitriles is 6. The second-order valence-electron chi connectivity index (χ2n) is 9.11. The van der Waals surface area contributed by atoms with Crippen molar-refractivity contribution in [2.45, 2.75) is 44.9 Å². The molecule has 12 heteroatoms. The molecule has 0 heterocycles. The van der Waals surface area contributed by atoms with Crippen molar-refractivity contribution in [3.05, 3.63) is 0 Å². The average molecular weight is 571 g/mol. The van der Waals surface area contributed by atoms with Crippen molar-refractivity contribution in [2.75, 3.05) is 79.3 Å². The lowest BCUT2D eigenvalue weighted by Crippen LogP contribution is -2.43. The number of hydrogen-bond donors (Lipinski definition) is 0. The van der Waals surface area contributed by atoms with Gasteiger partial charge >= 0.3 is 0 Å². The van der Waals surface area contributed by atoms with E-state index in [0.717, 1.165) is 0 Å². The molecule has 0 saturated heterocycles. The minimum Gasteiger partial charge on any atom is -0.381 e. The maximum Gasteiger partial charge on any atom is 0.0645 e. The Hall–Kier alpha value is -3.30. The topological polar surface area (TPSA) is 198 Å². The first kappa shape index (κ1) is 37.7. The Morgan fingerprint density at radius 1 is 0.341 bits per heavy atom. The summed E-state index contributed by atoms with van der Waals surface area (Å²) in [4.78, 5) is 0. The maximum atomic E-state index is 8.97. The van der Waals surface area contributed by atoms with E-state index in [1.165, 1.54) is 0 Å². The molecule has 0 N–H and O–H groups in total. The molecule has 0 rings (SSSR count). The van der Waals surface area contributed by atoms with Gasteiger partial charge in [0, 0.05) is 30.8 Å². The van der Waals surface area contributed by atoms with Gasteiger partial charge in [0.25, 0.3) is 0 Å². The van der Waals surface area contributed by atoms with Crippen LogP contribution in [0, 0.1) is 91.7 Å². The smallest absolute Gasteiger partial charge is 0.0645 e. The van der Waals surface area contributed by atoms with Gasteiger partial charge in [-0.3, -0.25) is 0 Å². The van der Waals surface area contributed by atoms with Gasteiger partial charge in [-0.2, -0.15) is 31.6 Å². The second-order valence-corrected chi connectivity index (χ2v) is 9.11. The van der Waals surface area contributed by atoms with Crippen LogP contribution in [0.25, 0.3) is 0 Å². The summed E-state index contributed by atoms with van der Waals surface area (Å²) in [5.41, 5.74) is 0. The minimum absolute atomic E-state index is 0.218. The fourth-order valence-electron chi connectivity index (χ4n) is 4.22. The SMILES string of the molecule is N#CCCCOCC(COCCC#N)C(C(COCCC#N)COCCC#N)C(COCCC#N)COCCC#N. The van der Waals surface area contributed by atoms with Crippen LogP contribution in [-0.4, -0.2) is 79.3 Å². The molecular formula is C29H42N6O6. The van der Waals surface area contributed by atoms with Crippen LogP contribution in [0.3, 0.4) is 0 Å². The Bertz CT molecular complexity index is 802. The number of nitrogens with zero attached hydrogens (tertiary/aromatic N) is 6. The Morgan fingerprint density at radius 2 is 0.585 bits per heavy atom. The van der Waals surface area contributed by atoms with Crippen LogP contribution in [0.1, 0.15) is 44.9 Å². The minimum atomic E-state index is -0.233. The Labute approximate surface area is 244 Å². The average Bonchev–Trinajstić information content (AvgIpc) is 2.98. The van der Waals surface area contributed by atoms with Gasteiger partial charge in [-0.15, -0.1) is 0 Å². The predicted octanol–water partition coefficient (Wildman–Crippen LogP) is 3.42. The van der Waals surface area contributed by atoms with Gasteiger partial charge in [0.15, 0.2) is 0 Å². The van der Waals surface area contributed by atoms with Crippen molar-refractivity contribution in [3.8, 4) is 36.4 Å². The van der Waals surface area contributed by atoms with Gasteiger partial charge in [-0.25, -0.2) is 0 Å². The first-order chi connectivity index (χ1) is 20.2. The van der Waals surface area contributed by atoms with E-state index in [9.17, 15) is 0 Å². The van der Waals surface area contributed by atoms with Gasteiger partial charge in [0.1, 0.15) is 0 Å². The van der Waals surface area contributed by atoms with E-state index in [1.807, 2.05) is 0 Å². The highest BCUT2D eigenvalue weighted by molar-refractivity contribution is 4.85. The number of unbranched alkanes of at least 4 members (excludes halogenated alkanes) is 1. The molecule has 0 aliphatic rings. The molecule has 0 radical (unpaired) electrons. The van der Waals surface area contributed by atoms with E-state index in [4.69, 9.17) is 60.0 Å². The Kier molecular flexibility index (Phi) is 27.3. The summed E-state index contributed by atoms with van der Waals surface area (Å²) >= 11 is 0. The zero-order valence-corrected chi connectivity index (χ0v) is 23.9. The zero-order chi connectivity index (χ0) is 30.2. The van der Waals surface area contributed by atoms with E-state index < -0.39 is 0 Å². The van der Waals surface area contributed by atoms with E-state index in [2.05, 4.69) is 36.4 Å². The van der Waals surface area contributed by atoms with E-state index >= 15 is 0 Å². The first-order valence-electron chi connectivity index (χ1n) is 13.9. The third kappa shape index (κ3) is 21.2. The monoisotopic (exact) mass is 570 g/mol. The summed E-state index contributed by atoms with van der Waals surface area (Å²) in [6.07, 6.45) is 2.10. The van der Waals surface area contributed by atoms with Crippen LogP contribution in [0.15, 0.2) is 0 Å². The van der Waals surface area contributed by atoms with Crippen LogP contribution >= 0.6 is 0 Å². The predicted molar refractivity (Wildman–Crippen MR) is 145 cm³/mol. The molecule has 0 aromatic rings. The molecule has 0 spiro atoms. The highest BCUT2D eigenvalue weighted by Gasteiger charge is 2.37. The highest BCUT2D eigenvalue weighted by Crippen LogP contribution is 2.32. The molecule has 0 saturated carbocycles. The van der Waals surface area contributed by atoms with Crippen molar-refractivity contribution in [1.29, 1.82) is 31.6 Å². The van der Waals surface area contributed by atoms with Crippen LogP contribution in [0.4, 0.5) is 0 Å². The normalized spacial score (nSPS) is 11.3. The van der Waals surface area contributed by atoms with Crippen molar-refractivity contribution in [1.82, 2.24) is 0 Å². The first-order valence-corrected chi connectivity index (χ1v) is 13.9. The molecule has 0 amide bonds. The number of rotatable bonds is 28. The quantitative estimate of drug-likeness (QED) is 0.124. The lowest BCUT2D eigenvalue weighted by Gasteiger charge is -2.39. The molecule has 0 aromatic carbocycles. The van der Waals surface area contributed by atoms with E-state index in [1.54, 1.807) is 0 Å². The van der Waals surface area contributed by atoms with Crippen LogP contribution in [0.5, 0.6) is 0 Å². The highest BCUT2D eigenvalue weighted by atomic mass is 16.5. The fourth-order valence-corrected chi connectivity index (χ4v) is 4.22. The zero-order valence-electron chi connectivity index (χ0n) is 23.9. The summed E-state index contributed by atoms with van der Waals surface area (Å²) in [7, 11) is 0. The van der Waals surface area contributed by atoms with Crippen molar-refractivity contribution in [2.24, 2.45) is 23.7 Å². The second kappa shape index (κ2) is 29.7. The number of ether oxygens (including phenoxy) is 6. The maximum absolute atomic E-state index is 8.97. The largest absolute Gasteiger partial charge is 0.381 e. The summed E-state index contributed by atoms with van der Waals surface area (Å²) in [5, 5.41) is 53.7. The standard InChI is InChI=1S/C29H42N6O6/c30-8-1-2-14-36-20-26(21-37-15-3-9-31)29(27(22-38-16-4-10-32)23-39-17-5-11-33)28(24-40-18-6-12-34)25-41-19-7-13-35/h26-29H,1-7,14-25H2. The Morgan fingerprint density at radius 3 is 0.829 bits per heavy atom. The van der Waals surface area contributed by atoms with Crippen LogP contribution in [0.2, 0.25) is 0 Å². The number of hydrogen-bond acceptors (Lipinski definition) is 12. The molecule has 0 fully saturated rings. The summed E-state index contributed by atoms with van der Waals surface area (Å²) in [5.74, 6) is -0.905. The van der Waals surface area contributed by atoms with Gasteiger partial charge < -0.3 is 28.4 Å². The van der Waals surface area contributed by atoms with Crippen LogP contribution in [-0.2, 0) is 28.4 Å². The molecule has 0 aliphatic carbocycles. The van der Waals surface area contributed by atoms with Crippen molar-refractivity contribution in [3.63, 3.8) is 0 Å². The van der Waals surface area contributed by atoms with Gasteiger partial charge in [0.2, 0.25) is 0 Å².